The van der Waals surface area contributed by atoms with Crippen LogP contribution in [0.3, 0.4) is 0 Å². The predicted molar refractivity (Wildman–Crippen MR) is 89.1 cm³/mol. The first kappa shape index (κ1) is 17.3. The molecule has 0 spiro atoms. The van der Waals surface area contributed by atoms with Crippen molar-refractivity contribution in [2.24, 2.45) is 0 Å². The van der Waals surface area contributed by atoms with Crippen molar-refractivity contribution in [3.63, 3.8) is 0 Å². The molecule has 1 unspecified atom stereocenters. The molecular formula is C16H23IO3. The summed E-state index contributed by atoms with van der Waals surface area (Å²) < 4.78 is 6.34. The first-order valence-corrected chi connectivity index (χ1v) is 8.19. The van der Waals surface area contributed by atoms with Gasteiger partial charge in [0.05, 0.1) is 0 Å². The summed E-state index contributed by atoms with van der Waals surface area (Å²) >= 11 is 2.26. The summed E-state index contributed by atoms with van der Waals surface area (Å²) in [4.78, 5) is 10.9. The molecule has 0 fully saturated rings. The summed E-state index contributed by atoms with van der Waals surface area (Å²) in [6.07, 6.45) is 4.70. The van der Waals surface area contributed by atoms with Crippen molar-refractivity contribution < 1.29 is 14.6 Å². The second-order valence-electron chi connectivity index (χ2n) is 5.43. The number of halogens is 1. The van der Waals surface area contributed by atoms with E-state index in [0.29, 0.717) is 6.42 Å². The Balaban J connectivity index is 2.66. The van der Waals surface area contributed by atoms with Gasteiger partial charge in [-0.3, -0.25) is 0 Å². The van der Waals surface area contributed by atoms with E-state index < -0.39 is 11.8 Å². The highest BCUT2D eigenvalue weighted by atomic mass is 127. The lowest BCUT2D eigenvalue weighted by molar-refractivity contribution is -0.0138. The van der Waals surface area contributed by atoms with Crippen molar-refractivity contribution in [1.82, 2.24) is 0 Å². The lowest BCUT2D eigenvalue weighted by Gasteiger charge is -2.28. The maximum atomic E-state index is 10.9. The van der Waals surface area contributed by atoms with Crippen molar-refractivity contribution >= 4 is 28.7 Å². The Kier molecular flexibility index (Phi) is 7.34. The molecule has 4 heteroatoms. The van der Waals surface area contributed by atoms with Gasteiger partial charge >= 0.3 is 6.16 Å². The van der Waals surface area contributed by atoms with Gasteiger partial charge in [-0.15, -0.1) is 0 Å². The molecule has 1 atom stereocenters. The second-order valence-corrected chi connectivity index (χ2v) is 6.68. The van der Waals surface area contributed by atoms with Gasteiger partial charge < -0.3 is 9.84 Å². The molecule has 1 aromatic rings. The van der Waals surface area contributed by atoms with E-state index in [1.807, 2.05) is 31.2 Å². The Morgan fingerprint density at radius 3 is 2.45 bits per heavy atom. The molecule has 0 aromatic heterocycles. The van der Waals surface area contributed by atoms with Crippen LogP contribution in [0.25, 0.3) is 0 Å². The van der Waals surface area contributed by atoms with Crippen molar-refractivity contribution in [3.8, 4) is 0 Å². The topological polar surface area (TPSA) is 46.5 Å². The van der Waals surface area contributed by atoms with Crippen LogP contribution in [-0.2, 0) is 11.2 Å². The highest BCUT2D eigenvalue weighted by Crippen LogP contribution is 2.25. The van der Waals surface area contributed by atoms with Crippen LogP contribution in [0, 0.1) is 3.57 Å². The zero-order valence-corrected chi connectivity index (χ0v) is 14.4. The largest absolute Gasteiger partial charge is 0.506 e. The Hall–Kier alpha value is -0.780. The van der Waals surface area contributed by atoms with Crippen LogP contribution in [0.2, 0.25) is 0 Å². The summed E-state index contributed by atoms with van der Waals surface area (Å²) in [5, 5.41) is 8.95. The SMILES string of the molecule is CCCCCCC(C)(Cc1ccc(I)cc1)OC(=O)O. The van der Waals surface area contributed by atoms with Gasteiger partial charge in [0.1, 0.15) is 5.60 Å². The number of hydrogen-bond donors (Lipinski definition) is 1. The molecule has 0 aliphatic rings. The van der Waals surface area contributed by atoms with E-state index in [0.717, 1.165) is 24.8 Å². The number of ether oxygens (including phenoxy) is 1. The van der Waals surface area contributed by atoms with Gasteiger partial charge in [-0.25, -0.2) is 4.79 Å². The van der Waals surface area contributed by atoms with Gasteiger partial charge in [-0.05, 0) is 60.1 Å². The molecule has 0 saturated heterocycles. The van der Waals surface area contributed by atoms with Gasteiger partial charge in [-0.2, -0.15) is 0 Å². The minimum absolute atomic E-state index is 0.627. The van der Waals surface area contributed by atoms with E-state index in [1.165, 1.54) is 16.4 Å². The van der Waals surface area contributed by atoms with Crippen LogP contribution < -0.4 is 0 Å². The number of rotatable bonds is 8. The molecule has 0 heterocycles. The van der Waals surface area contributed by atoms with Crippen LogP contribution in [0.15, 0.2) is 24.3 Å². The molecule has 0 bridgehead atoms. The molecule has 20 heavy (non-hydrogen) atoms. The van der Waals surface area contributed by atoms with Gasteiger partial charge in [0.15, 0.2) is 0 Å². The average molecular weight is 390 g/mol. The molecule has 1 aromatic carbocycles. The molecule has 1 rings (SSSR count). The average Bonchev–Trinajstić information content (AvgIpc) is 2.37. The fraction of sp³-hybridized carbons (Fsp3) is 0.562. The highest BCUT2D eigenvalue weighted by Gasteiger charge is 2.28. The van der Waals surface area contributed by atoms with E-state index >= 15 is 0 Å². The Labute approximate surface area is 134 Å². The highest BCUT2D eigenvalue weighted by molar-refractivity contribution is 14.1. The summed E-state index contributed by atoms with van der Waals surface area (Å²) in [6, 6.07) is 8.15. The van der Waals surface area contributed by atoms with Gasteiger partial charge in [0.25, 0.3) is 0 Å². The zero-order valence-electron chi connectivity index (χ0n) is 12.2. The van der Waals surface area contributed by atoms with Gasteiger partial charge in [-0.1, -0.05) is 38.3 Å². The number of carboxylic acid groups (broad SMARTS) is 1. The lowest BCUT2D eigenvalue weighted by atomic mass is 9.90. The summed E-state index contributed by atoms with van der Waals surface area (Å²) in [5.41, 5.74) is 0.483. The monoisotopic (exact) mass is 390 g/mol. The van der Waals surface area contributed by atoms with E-state index in [1.54, 1.807) is 0 Å². The van der Waals surface area contributed by atoms with Gasteiger partial charge in [0, 0.05) is 9.99 Å². The van der Waals surface area contributed by atoms with Crippen molar-refractivity contribution in [3.05, 3.63) is 33.4 Å². The van der Waals surface area contributed by atoms with Crippen LogP contribution in [0.1, 0.15) is 51.5 Å². The van der Waals surface area contributed by atoms with Crippen molar-refractivity contribution in [1.29, 1.82) is 0 Å². The predicted octanol–water partition coefficient (Wildman–Crippen LogP) is 5.26. The molecule has 1 N–H and O–H groups in total. The van der Waals surface area contributed by atoms with Crippen LogP contribution in [0.4, 0.5) is 4.79 Å². The zero-order chi connectivity index (χ0) is 15.0. The standard InChI is InChI=1S/C16H23IO3/c1-3-4-5-6-11-16(2,20-15(18)19)12-13-7-9-14(17)10-8-13/h7-10H,3-6,11-12H2,1-2H3,(H,18,19). The first-order chi connectivity index (χ1) is 9.45. The molecule has 0 aliphatic heterocycles. The maximum Gasteiger partial charge on any atom is 0.506 e. The summed E-state index contributed by atoms with van der Waals surface area (Å²) in [7, 11) is 0. The fourth-order valence-electron chi connectivity index (χ4n) is 2.35. The molecule has 3 nitrogen and oxygen atoms in total. The third-order valence-electron chi connectivity index (χ3n) is 3.38. The maximum absolute atomic E-state index is 10.9. The van der Waals surface area contributed by atoms with E-state index in [9.17, 15) is 4.79 Å². The third kappa shape index (κ3) is 6.59. The fourth-order valence-corrected chi connectivity index (χ4v) is 2.71. The molecule has 0 amide bonds. The Morgan fingerprint density at radius 2 is 1.90 bits per heavy atom. The summed E-state index contributed by atoms with van der Waals surface area (Å²) in [5.74, 6) is 0. The van der Waals surface area contributed by atoms with Crippen molar-refractivity contribution in [2.45, 2.75) is 58.0 Å². The van der Waals surface area contributed by atoms with E-state index in [4.69, 9.17) is 9.84 Å². The molecule has 0 saturated carbocycles. The van der Waals surface area contributed by atoms with Crippen LogP contribution in [-0.4, -0.2) is 16.9 Å². The molecule has 112 valence electrons. The van der Waals surface area contributed by atoms with E-state index in [2.05, 4.69) is 29.5 Å². The molecular weight excluding hydrogens is 367 g/mol. The number of unbranched alkanes of at least 4 members (excludes halogenated alkanes) is 3. The van der Waals surface area contributed by atoms with Crippen LogP contribution >= 0.6 is 22.6 Å². The number of hydrogen-bond acceptors (Lipinski definition) is 2. The quantitative estimate of drug-likeness (QED) is 0.374. The minimum atomic E-state index is -1.19. The number of benzene rings is 1. The smallest absolute Gasteiger partial charge is 0.450 e. The van der Waals surface area contributed by atoms with Gasteiger partial charge in [0.2, 0.25) is 0 Å². The Bertz CT molecular complexity index is 416. The van der Waals surface area contributed by atoms with Crippen LogP contribution in [0.5, 0.6) is 0 Å². The molecule has 0 aliphatic carbocycles. The molecule has 0 radical (unpaired) electrons. The normalized spacial score (nSPS) is 13.8. The number of carbonyl (C=O) groups is 1. The van der Waals surface area contributed by atoms with Crippen molar-refractivity contribution in [2.75, 3.05) is 0 Å². The second kappa shape index (κ2) is 8.49. The Morgan fingerprint density at radius 1 is 1.25 bits per heavy atom. The third-order valence-corrected chi connectivity index (χ3v) is 4.10. The first-order valence-electron chi connectivity index (χ1n) is 7.11. The minimum Gasteiger partial charge on any atom is -0.450 e. The summed E-state index contributed by atoms with van der Waals surface area (Å²) in [6.45, 7) is 4.06. The van der Waals surface area contributed by atoms with E-state index in [-0.39, 0.29) is 0 Å². The lowest BCUT2D eigenvalue weighted by Crippen LogP contribution is -2.33.